The van der Waals surface area contributed by atoms with Crippen LogP contribution < -0.4 is 15.5 Å². The smallest absolute Gasteiger partial charge is 0.264 e. The molecule has 2 aromatic carbocycles. The lowest BCUT2D eigenvalue weighted by molar-refractivity contribution is -0.138. The van der Waals surface area contributed by atoms with Crippen LogP contribution in [-0.2, 0) is 36.3 Å². The van der Waals surface area contributed by atoms with Gasteiger partial charge in [-0.15, -0.1) is 0 Å². The third kappa shape index (κ3) is 8.25. The standard InChI is InChI=1S/C31H40N4O3.C2H6O3S/c1-31(2)25-12-6-7-13-27(25)35(30(31)38)24-16-19-34(20-17-24)29(37)26(15-14-22-9-4-3-5-10-22)33-28(36)23-11-8-18-32-21-23;1-2-6(3,4)5/h3-7,9-10,12-13,23-24,26,32H,8,11,14-21H2,1-2H3,(H,33,36);2H2,1H3,(H,3,4,5). The van der Waals surface area contributed by atoms with Crippen molar-refractivity contribution in [2.75, 3.05) is 36.8 Å². The number of piperidine rings is 2. The minimum absolute atomic E-state index is 0.00928. The van der Waals surface area contributed by atoms with E-state index in [4.69, 9.17) is 4.55 Å². The number of benzene rings is 2. The van der Waals surface area contributed by atoms with Gasteiger partial charge in [-0.3, -0.25) is 18.9 Å². The highest BCUT2D eigenvalue weighted by molar-refractivity contribution is 7.85. The van der Waals surface area contributed by atoms with Gasteiger partial charge in [0.25, 0.3) is 10.1 Å². The monoisotopic (exact) mass is 626 g/mol. The van der Waals surface area contributed by atoms with Crippen LogP contribution in [0.25, 0.3) is 0 Å². The molecule has 2 aromatic rings. The fraction of sp³-hybridized carbons (Fsp3) is 0.545. The Kier molecular flexibility index (Phi) is 11.2. The molecule has 44 heavy (non-hydrogen) atoms. The van der Waals surface area contributed by atoms with Gasteiger partial charge in [0.15, 0.2) is 0 Å². The van der Waals surface area contributed by atoms with E-state index in [0.29, 0.717) is 26.1 Å². The first-order valence-corrected chi connectivity index (χ1v) is 17.3. The number of carbonyl (C=O) groups is 3. The second-order valence-electron chi connectivity index (χ2n) is 12.4. The summed E-state index contributed by atoms with van der Waals surface area (Å²) in [6.45, 7) is 8.13. The Morgan fingerprint density at radius 2 is 1.68 bits per heavy atom. The van der Waals surface area contributed by atoms with Crippen molar-refractivity contribution < 1.29 is 27.4 Å². The topological polar surface area (TPSA) is 136 Å². The second-order valence-corrected chi connectivity index (χ2v) is 14.1. The van der Waals surface area contributed by atoms with E-state index in [1.54, 1.807) is 0 Å². The van der Waals surface area contributed by atoms with Crippen molar-refractivity contribution in [2.24, 2.45) is 5.92 Å². The highest BCUT2D eigenvalue weighted by atomic mass is 32.2. The van der Waals surface area contributed by atoms with Crippen molar-refractivity contribution in [1.29, 1.82) is 0 Å². The molecule has 240 valence electrons. The Morgan fingerprint density at radius 3 is 2.30 bits per heavy atom. The number of amides is 3. The van der Waals surface area contributed by atoms with E-state index in [2.05, 4.69) is 22.8 Å². The van der Waals surface area contributed by atoms with Crippen LogP contribution in [0.15, 0.2) is 54.6 Å². The number of para-hydroxylation sites is 1. The summed E-state index contributed by atoms with van der Waals surface area (Å²) < 4.78 is 26.9. The highest BCUT2D eigenvalue weighted by Crippen LogP contribution is 2.43. The van der Waals surface area contributed by atoms with Gasteiger partial charge in [-0.05, 0) is 83.0 Å². The summed E-state index contributed by atoms with van der Waals surface area (Å²) in [7, 11) is -3.66. The fourth-order valence-electron chi connectivity index (χ4n) is 6.24. The molecule has 3 aliphatic heterocycles. The maximum atomic E-state index is 13.7. The summed E-state index contributed by atoms with van der Waals surface area (Å²) in [5, 5.41) is 6.42. The van der Waals surface area contributed by atoms with Crippen molar-refractivity contribution in [1.82, 2.24) is 15.5 Å². The van der Waals surface area contributed by atoms with E-state index < -0.39 is 21.6 Å². The molecule has 0 spiro atoms. The van der Waals surface area contributed by atoms with E-state index in [1.807, 2.05) is 66.1 Å². The lowest BCUT2D eigenvalue weighted by atomic mass is 9.86. The molecule has 0 radical (unpaired) electrons. The number of aryl methyl sites for hydroxylation is 1. The zero-order chi connectivity index (χ0) is 31.9. The molecule has 3 heterocycles. The Bertz CT molecular complexity index is 1400. The van der Waals surface area contributed by atoms with Crippen molar-refractivity contribution in [2.45, 2.75) is 76.8 Å². The first-order valence-electron chi connectivity index (χ1n) is 15.6. The quantitative estimate of drug-likeness (QED) is 0.383. The first-order chi connectivity index (χ1) is 20.9. The summed E-state index contributed by atoms with van der Waals surface area (Å²) >= 11 is 0. The van der Waals surface area contributed by atoms with Crippen LogP contribution in [0.2, 0.25) is 0 Å². The summed E-state index contributed by atoms with van der Waals surface area (Å²) in [5.41, 5.74) is 2.70. The zero-order valence-corrected chi connectivity index (χ0v) is 26.8. The molecule has 2 atom stereocenters. The molecule has 0 saturated carbocycles. The molecule has 2 unspecified atom stereocenters. The Balaban J connectivity index is 0.000000670. The molecule has 3 N–H and O–H groups in total. The van der Waals surface area contributed by atoms with Gasteiger partial charge in [-0.1, -0.05) is 48.5 Å². The predicted octanol–water partition coefficient (Wildman–Crippen LogP) is 3.31. The number of carbonyl (C=O) groups excluding carboxylic acids is 3. The molecule has 3 aliphatic rings. The van der Waals surface area contributed by atoms with Crippen LogP contribution in [-0.4, -0.2) is 79.6 Å². The average molecular weight is 627 g/mol. The van der Waals surface area contributed by atoms with Crippen molar-refractivity contribution >= 4 is 33.5 Å². The molecule has 3 amide bonds. The van der Waals surface area contributed by atoms with E-state index in [1.165, 1.54) is 6.92 Å². The van der Waals surface area contributed by atoms with Gasteiger partial charge in [0.05, 0.1) is 17.1 Å². The lowest BCUT2D eigenvalue weighted by Crippen LogP contribution is -2.55. The van der Waals surface area contributed by atoms with Gasteiger partial charge in [-0.2, -0.15) is 8.42 Å². The normalized spacial score (nSPS) is 20.7. The minimum atomic E-state index is -3.66. The van der Waals surface area contributed by atoms with Crippen molar-refractivity contribution in [3.8, 4) is 0 Å². The number of rotatable bonds is 8. The van der Waals surface area contributed by atoms with Crippen molar-refractivity contribution in [3.63, 3.8) is 0 Å². The average Bonchev–Trinajstić information content (AvgIpc) is 3.24. The van der Waals surface area contributed by atoms with Gasteiger partial charge in [0, 0.05) is 31.4 Å². The van der Waals surface area contributed by atoms with Crippen LogP contribution >= 0.6 is 0 Å². The summed E-state index contributed by atoms with van der Waals surface area (Å²) in [5.74, 6) is -0.193. The lowest BCUT2D eigenvalue weighted by Gasteiger charge is -2.39. The largest absolute Gasteiger partial charge is 0.344 e. The van der Waals surface area contributed by atoms with Crippen LogP contribution in [0.1, 0.15) is 64.0 Å². The Morgan fingerprint density at radius 1 is 1.05 bits per heavy atom. The van der Waals surface area contributed by atoms with Crippen LogP contribution in [0, 0.1) is 5.92 Å². The summed E-state index contributed by atoms with van der Waals surface area (Å²) in [6, 6.07) is 17.7. The van der Waals surface area contributed by atoms with Gasteiger partial charge in [0.2, 0.25) is 17.7 Å². The molecule has 2 saturated heterocycles. The molecule has 10 nitrogen and oxygen atoms in total. The molecule has 0 aliphatic carbocycles. The minimum Gasteiger partial charge on any atom is -0.344 e. The highest BCUT2D eigenvalue weighted by Gasteiger charge is 2.47. The summed E-state index contributed by atoms with van der Waals surface area (Å²) in [6.07, 6.45) is 4.59. The molecule has 0 bridgehead atoms. The number of fused-ring (bicyclic) bond motifs is 1. The van der Waals surface area contributed by atoms with Gasteiger partial charge < -0.3 is 20.4 Å². The third-order valence-corrected chi connectivity index (χ3v) is 9.67. The molecular weight excluding hydrogens is 580 g/mol. The van der Waals surface area contributed by atoms with Crippen LogP contribution in [0.5, 0.6) is 0 Å². The first kappa shape index (κ1) is 33.6. The second kappa shape index (κ2) is 14.7. The van der Waals surface area contributed by atoms with E-state index in [-0.39, 0.29) is 35.4 Å². The van der Waals surface area contributed by atoms with Gasteiger partial charge >= 0.3 is 0 Å². The summed E-state index contributed by atoms with van der Waals surface area (Å²) in [4.78, 5) is 44.1. The predicted molar refractivity (Wildman–Crippen MR) is 171 cm³/mol. The number of nitrogens with one attached hydrogen (secondary N) is 2. The van der Waals surface area contributed by atoms with Crippen molar-refractivity contribution in [3.05, 3.63) is 65.7 Å². The number of hydrogen-bond acceptors (Lipinski definition) is 6. The van der Waals surface area contributed by atoms with Crippen LogP contribution in [0.4, 0.5) is 5.69 Å². The molecule has 0 aromatic heterocycles. The Hall–Kier alpha value is -3.28. The number of anilines is 1. The molecular formula is C33H46N4O6S. The third-order valence-electron chi connectivity index (χ3n) is 8.94. The maximum absolute atomic E-state index is 13.7. The van der Waals surface area contributed by atoms with Gasteiger partial charge in [-0.25, -0.2) is 0 Å². The number of nitrogens with zero attached hydrogens (tertiary/aromatic N) is 2. The SMILES string of the molecule is CC1(C)C(=O)N(C2CCN(C(=O)C(CCc3ccccc3)NC(=O)C3CCCNC3)CC2)c2ccccc21.CCS(=O)(=O)O. The van der Waals surface area contributed by atoms with E-state index in [9.17, 15) is 22.8 Å². The van der Waals surface area contributed by atoms with Gasteiger partial charge in [0.1, 0.15) is 6.04 Å². The number of likely N-dealkylation sites (tertiary alicyclic amines) is 1. The van der Waals surface area contributed by atoms with E-state index >= 15 is 0 Å². The van der Waals surface area contributed by atoms with Crippen LogP contribution in [0.3, 0.4) is 0 Å². The molecule has 5 rings (SSSR count). The van der Waals surface area contributed by atoms with E-state index in [0.717, 1.165) is 55.5 Å². The number of hydrogen-bond donors (Lipinski definition) is 3. The molecule has 2 fully saturated rings. The maximum Gasteiger partial charge on any atom is 0.264 e. The zero-order valence-electron chi connectivity index (χ0n) is 26.0. The fourth-order valence-corrected chi connectivity index (χ4v) is 6.24. The Labute approximate surface area is 261 Å². The molecule has 11 heteroatoms.